The summed E-state index contributed by atoms with van der Waals surface area (Å²) < 4.78 is 26.5. The fourth-order valence-electron chi connectivity index (χ4n) is 2.42. The molecule has 3 heterocycles. The molecule has 1 aliphatic rings. The highest BCUT2D eigenvalue weighted by Crippen LogP contribution is 2.34. The van der Waals surface area contributed by atoms with Crippen LogP contribution in [-0.2, 0) is 10.0 Å². The molecular weight excluding hydrogens is 266 g/mol. The Kier molecular flexibility index (Phi) is 2.90. The highest BCUT2D eigenvalue weighted by Gasteiger charge is 2.37. The molecule has 0 aliphatic carbocycles. The van der Waals surface area contributed by atoms with Crippen molar-refractivity contribution in [1.82, 2.24) is 24.5 Å². The van der Waals surface area contributed by atoms with Gasteiger partial charge in [-0.05, 0) is 19.8 Å². The highest BCUT2D eigenvalue weighted by atomic mass is 32.2. The number of hydrogen-bond acceptors (Lipinski definition) is 4. The Morgan fingerprint density at radius 1 is 1.42 bits per heavy atom. The summed E-state index contributed by atoms with van der Waals surface area (Å²) in [6.07, 6.45) is 6.07. The number of hydrogen-bond donors (Lipinski definition) is 2. The van der Waals surface area contributed by atoms with E-state index in [9.17, 15) is 8.42 Å². The lowest BCUT2D eigenvalue weighted by atomic mass is 10.2. The number of imidazole rings is 1. The summed E-state index contributed by atoms with van der Waals surface area (Å²) in [4.78, 5) is 7.58. The zero-order chi connectivity index (χ0) is 13.5. The lowest BCUT2D eigenvalue weighted by Gasteiger charge is -2.21. The minimum atomic E-state index is -3.50. The van der Waals surface area contributed by atoms with Gasteiger partial charge in [-0.2, -0.15) is 9.40 Å². The van der Waals surface area contributed by atoms with Crippen LogP contribution in [0, 0.1) is 6.92 Å². The Hall–Kier alpha value is -1.67. The standard InChI is InChI=1S/C11H15N5O2S/c1-8-5-12-11(15-8)10-3-2-4-16(10)19(17,18)9-6-13-14-7-9/h5-7,10H,2-4H2,1H3,(H,12,15)(H,13,14). The van der Waals surface area contributed by atoms with E-state index in [4.69, 9.17) is 0 Å². The van der Waals surface area contributed by atoms with Gasteiger partial charge in [0, 0.05) is 24.6 Å². The van der Waals surface area contributed by atoms with Gasteiger partial charge in [-0.15, -0.1) is 0 Å². The van der Waals surface area contributed by atoms with Gasteiger partial charge >= 0.3 is 0 Å². The second-order valence-corrected chi connectivity index (χ2v) is 6.55. The first-order chi connectivity index (χ1) is 9.09. The van der Waals surface area contributed by atoms with E-state index in [2.05, 4.69) is 20.2 Å². The molecule has 1 unspecified atom stereocenters. The first-order valence-corrected chi connectivity index (χ1v) is 7.55. The Labute approximate surface area is 111 Å². The summed E-state index contributed by atoms with van der Waals surface area (Å²) in [5.41, 5.74) is 0.933. The number of aromatic amines is 2. The van der Waals surface area contributed by atoms with Crippen molar-refractivity contribution in [3.8, 4) is 0 Å². The van der Waals surface area contributed by atoms with Crippen LogP contribution in [0.2, 0.25) is 0 Å². The number of rotatable bonds is 3. The zero-order valence-corrected chi connectivity index (χ0v) is 11.3. The van der Waals surface area contributed by atoms with Gasteiger partial charge in [-0.25, -0.2) is 13.4 Å². The predicted octanol–water partition coefficient (Wildman–Crippen LogP) is 0.967. The number of H-pyrrole nitrogens is 2. The van der Waals surface area contributed by atoms with E-state index in [1.165, 1.54) is 16.7 Å². The monoisotopic (exact) mass is 281 g/mol. The third kappa shape index (κ3) is 2.06. The molecule has 0 radical (unpaired) electrons. The molecule has 2 aromatic rings. The van der Waals surface area contributed by atoms with Crippen LogP contribution in [0.15, 0.2) is 23.5 Å². The van der Waals surface area contributed by atoms with Crippen molar-refractivity contribution in [1.29, 1.82) is 0 Å². The van der Waals surface area contributed by atoms with Crippen molar-refractivity contribution in [2.24, 2.45) is 0 Å². The fourth-order valence-corrected chi connectivity index (χ4v) is 3.99. The number of nitrogens with zero attached hydrogens (tertiary/aromatic N) is 3. The normalized spacial score (nSPS) is 21.0. The summed E-state index contributed by atoms with van der Waals surface area (Å²) in [5, 5.41) is 6.25. The van der Waals surface area contributed by atoms with Crippen LogP contribution >= 0.6 is 0 Å². The summed E-state index contributed by atoms with van der Waals surface area (Å²) in [5.74, 6) is 0.710. The molecule has 7 nitrogen and oxygen atoms in total. The van der Waals surface area contributed by atoms with Crippen molar-refractivity contribution in [2.75, 3.05) is 6.54 Å². The maximum absolute atomic E-state index is 12.5. The molecule has 0 amide bonds. The van der Waals surface area contributed by atoms with Crippen LogP contribution in [0.25, 0.3) is 0 Å². The molecule has 2 aromatic heterocycles. The molecule has 1 atom stereocenters. The summed E-state index contributed by atoms with van der Waals surface area (Å²) >= 11 is 0. The lowest BCUT2D eigenvalue weighted by molar-refractivity contribution is 0.385. The van der Waals surface area contributed by atoms with Gasteiger partial charge in [0.05, 0.1) is 12.2 Å². The second kappa shape index (κ2) is 4.46. The van der Waals surface area contributed by atoms with Gasteiger partial charge in [-0.3, -0.25) is 5.10 Å². The van der Waals surface area contributed by atoms with Crippen LogP contribution in [0.5, 0.6) is 0 Å². The molecular formula is C11H15N5O2S. The van der Waals surface area contributed by atoms with Crippen LogP contribution in [-0.4, -0.2) is 39.4 Å². The maximum atomic E-state index is 12.5. The molecule has 102 valence electrons. The van der Waals surface area contributed by atoms with E-state index < -0.39 is 10.0 Å². The fraction of sp³-hybridized carbons (Fsp3) is 0.455. The molecule has 0 bridgehead atoms. The van der Waals surface area contributed by atoms with E-state index in [0.29, 0.717) is 12.4 Å². The molecule has 8 heteroatoms. The van der Waals surface area contributed by atoms with Gasteiger partial charge in [0.15, 0.2) is 0 Å². The summed E-state index contributed by atoms with van der Waals surface area (Å²) in [6.45, 7) is 2.41. The number of aromatic nitrogens is 4. The van der Waals surface area contributed by atoms with Gasteiger partial charge in [0.2, 0.25) is 10.0 Å². The number of sulfonamides is 1. The summed E-state index contributed by atoms with van der Waals surface area (Å²) in [7, 11) is -3.50. The van der Waals surface area contributed by atoms with Gasteiger partial charge in [0.25, 0.3) is 0 Å². The third-order valence-corrected chi connectivity index (χ3v) is 5.20. The average molecular weight is 281 g/mol. The van der Waals surface area contributed by atoms with E-state index in [1.54, 1.807) is 6.20 Å². The van der Waals surface area contributed by atoms with Gasteiger partial charge < -0.3 is 4.98 Å². The minimum absolute atomic E-state index is 0.197. The SMILES string of the molecule is Cc1cnc(C2CCCN2S(=O)(=O)c2cn[nH]c2)[nH]1. The van der Waals surface area contributed by atoms with E-state index in [1.807, 2.05) is 6.92 Å². The Morgan fingerprint density at radius 3 is 2.89 bits per heavy atom. The molecule has 0 aromatic carbocycles. The zero-order valence-electron chi connectivity index (χ0n) is 10.5. The summed E-state index contributed by atoms with van der Waals surface area (Å²) in [6, 6.07) is -0.214. The van der Waals surface area contributed by atoms with Crippen molar-refractivity contribution >= 4 is 10.0 Å². The largest absolute Gasteiger partial charge is 0.345 e. The van der Waals surface area contributed by atoms with Crippen molar-refractivity contribution in [3.63, 3.8) is 0 Å². The Morgan fingerprint density at radius 2 is 2.26 bits per heavy atom. The highest BCUT2D eigenvalue weighted by molar-refractivity contribution is 7.89. The Balaban J connectivity index is 1.96. The van der Waals surface area contributed by atoms with Crippen LogP contribution in [0.1, 0.15) is 30.4 Å². The third-order valence-electron chi connectivity index (χ3n) is 3.32. The van der Waals surface area contributed by atoms with Crippen molar-refractivity contribution in [3.05, 3.63) is 30.1 Å². The molecule has 1 fully saturated rings. The van der Waals surface area contributed by atoms with E-state index >= 15 is 0 Å². The van der Waals surface area contributed by atoms with Crippen LogP contribution in [0.4, 0.5) is 0 Å². The molecule has 2 N–H and O–H groups in total. The first kappa shape index (κ1) is 12.4. The van der Waals surface area contributed by atoms with Crippen LogP contribution in [0.3, 0.4) is 0 Å². The maximum Gasteiger partial charge on any atom is 0.246 e. The molecule has 1 saturated heterocycles. The quantitative estimate of drug-likeness (QED) is 0.876. The van der Waals surface area contributed by atoms with Crippen molar-refractivity contribution in [2.45, 2.75) is 30.7 Å². The topological polar surface area (TPSA) is 94.7 Å². The first-order valence-electron chi connectivity index (χ1n) is 6.11. The smallest absolute Gasteiger partial charge is 0.246 e. The second-order valence-electron chi connectivity index (χ2n) is 4.66. The molecule has 1 aliphatic heterocycles. The molecule has 0 spiro atoms. The molecule has 19 heavy (non-hydrogen) atoms. The van der Waals surface area contributed by atoms with E-state index in [-0.39, 0.29) is 10.9 Å². The lowest BCUT2D eigenvalue weighted by Crippen LogP contribution is -2.31. The van der Waals surface area contributed by atoms with Gasteiger partial charge in [-0.1, -0.05) is 0 Å². The molecule has 3 rings (SSSR count). The van der Waals surface area contributed by atoms with Crippen molar-refractivity contribution < 1.29 is 8.42 Å². The molecule has 0 saturated carbocycles. The number of nitrogens with one attached hydrogen (secondary N) is 2. The van der Waals surface area contributed by atoms with Gasteiger partial charge in [0.1, 0.15) is 10.7 Å². The predicted molar refractivity (Wildman–Crippen MR) is 67.8 cm³/mol. The average Bonchev–Trinajstić information content (AvgIpc) is 3.10. The minimum Gasteiger partial charge on any atom is -0.345 e. The Bertz CT molecular complexity index is 661. The van der Waals surface area contributed by atoms with Crippen LogP contribution < -0.4 is 0 Å². The van der Waals surface area contributed by atoms with E-state index in [0.717, 1.165) is 18.5 Å². The number of aryl methyl sites for hydroxylation is 1.